The molecule has 2 aliphatic rings. The van der Waals surface area contributed by atoms with E-state index in [-0.39, 0.29) is 31.0 Å². The number of ether oxygens (including phenoxy) is 3. The molecule has 2 aliphatic heterocycles. The van der Waals surface area contributed by atoms with Gasteiger partial charge in [-0.15, -0.1) is 0 Å². The lowest BCUT2D eigenvalue weighted by atomic mass is 9.94. The van der Waals surface area contributed by atoms with Crippen molar-refractivity contribution >= 4 is 11.6 Å². The van der Waals surface area contributed by atoms with Crippen LogP contribution < -0.4 is 14.2 Å². The minimum Gasteiger partial charge on any atom is -0.507 e. The Balaban J connectivity index is 1.68. The SMILES string of the molecule is COc1cc(O)c(/C(=N/OCC(=O)N2CCCCC2)c2ccc3c(c2)OCO3)cc1C(C)C. The number of hydrogen-bond donors (Lipinski definition) is 1. The zero-order chi connectivity index (χ0) is 23.4. The molecule has 0 spiro atoms. The molecule has 0 saturated carbocycles. The van der Waals surface area contributed by atoms with Gasteiger partial charge in [0, 0.05) is 30.3 Å². The number of nitrogens with zero attached hydrogens (tertiary/aromatic N) is 2. The summed E-state index contributed by atoms with van der Waals surface area (Å²) in [6.45, 7) is 5.57. The van der Waals surface area contributed by atoms with Gasteiger partial charge in [0.1, 0.15) is 17.2 Å². The van der Waals surface area contributed by atoms with Crippen LogP contribution in [-0.2, 0) is 9.63 Å². The van der Waals surface area contributed by atoms with Gasteiger partial charge < -0.3 is 29.1 Å². The third-order valence-electron chi connectivity index (χ3n) is 5.92. The van der Waals surface area contributed by atoms with Crippen molar-refractivity contribution in [3.8, 4) is 23.0 Å². The zero-order valence-corrected chi connectivity index (χ0v) is 19.3. The van der Waals surface area contributed by atoms with Crippen molar-refractivity contribution < 1.29 is 28.9 Å². The van der Waals surface area contributed by atoms with Crippen LogP contribution in [0.1, 0.15) is 55.7 Å². The maximum absolute atomic E-state index is 12.5. The number of fused-ring (bicyclic) bond motifs is 1. The van der Waals surface area contributed by atoms with Gasteiger partial charge in [0.2, 0.25) is 6.79 Å². The van der Waals surface area contributed by atoms with Crippen LogP contribution in [0, 0.1) is 0 Å². The minimum atomic E-state index is -0.165. The maximum Gasteiger partial charge on any atom is 0.263 e. The second-order valence-corrected chi connectivity index (χ2v) is 8.49. The quantitative estimate of drug-likeness (QED) is 0.502. The van der Waals surface area contributed by atoms with E-state index < -0.39 is 0 Å². The molecule has 176 valence electrons. The van der Waals surface area contributed by atoms with Crippen LogP contribution in [0.15, 0.2) is 35.5 Å². The topological polar surface area (TPSA) is 89.8 Å². The summed E-state index contributed by atoms with van der Waals surface area (Å²) in [4.78, 5) is 19.9. The Labute approximate surface area is 193 Å². The fourth-order valence-electron chi connectivity index (χ4n) is 4.09. The summed E-state index contributed by atoms with van der Waals surface area (Å²) in [6.07, 6.45) is 3.16. The molecule has 4 rings (SSSR count). The second-order valence-electron chi connectivity index (χ2n) is 8.49. The van der Waals surface area contributed by atoms with Crippen LogP contribution in [0.4, 0.5) is 0 Å². The first-order chi connectivity index (χ1) is 16.0. The predicted octanol–water partition coefficient (Wildman–Crippen LogP) is 4.03. The molecule has 0 aromatic heterocycles. The van der Waals surface area contributed by atoms with E-state index in [2.05, 4.69) is 5.16 Å². The third kappa shape index (κ3) is 4.99. The lowest BCUT2D eigenvalue weighted by Crippen LogP contribution is -2.37. The normalized spacial score (nSPS) is 15.6. The van der Waals surface area contributed by atoms with E-state index in [0.29, 0.717) is 34.1 Å². The third-order valence-corrected chi connectivity index (χ3v) is 5.92. The first kappa shape index (κ1) is 22.8. The van der Waals surface area contributed by atoms with Crippen LogP contribution in [-0.4, -0.2) is 55.2 Å². The summed E-state index contributed by atoms with van der Waals surface area (Å²) in [5, 5.41) is 15.1. The van der Waals surface area contributed by atoms with Crippen molar-refractivity contribution in [3.63, 3.8) is 0 Å². The van der Waals surface area contributed by atoms with Gasteiger partial charge in [0.05, 0.1) is 7.11 Å². The number of piperidine rings is 1. The Kier molecular flexibility index (Phi) is 6.91. The fraction of sp³-hybridized carbons (Fsp3) is 0.440. The first-order valence-corrected chi connectivity index (χ1v) is 11.3. The average molecular weight is 455 g/mol. The van der Waals surface area contributed by atoms with Gasteiger partial charge in [-0.3, -0.25) is 4.79 Å². The van der Waals surface area contributed by atoms with E-state index in [9.17, 15) is 9.90 Å². The Morgan fingerprint density at radius 2 is 1.88 bits per heavy atom. The standard InChI is InChI=1S/C25H30N2O6/c1-16(2)18-12-19(20(28)13-22(18)30-3)25(17-7-8-21-23(11-17)32-15-31-21)26-33-14-24(29)27-9-5-4-6-10-27/h7-8,11-13,16,28H,4-6,9-10,14-15H2,1-3H3/b26-25+. The lowest BCUT2D eigenvalue weighted by molar-refractivity contribution is -0.137. The van der Waals surface area contributed by atoms with Crippen LogP contribution >= 0.6 is 0 Å². The molecule has 2 aromatic carbocycles. The van der Waals surface area contributed by atoms with Crippen molar-refractivity contribution in [2.75, 3.05) is 33.6 Å². The summed E-state index contributed by atoms with van der Waals surface area (Å²) in [5.74, 6) is 1.88. The van der Waals surface area contributed by atoms with Gasteiger partial charge in [0.15, 0.2) is 18.1 Å². The molecule has 0 unspecified atom stereocenters. The monoisotopic (exact) mass is 454 g/mol. The molecule has 33 heavy (non-hydrogen) atoms. The lowest BCUT2D eigenvalue weighted by Gasteiger charge is -2.26. The van der Waals surface area contributed by atoms with Crippen molar-refractivity contribution in [2.45, 2.75) is 39.0 Å². The molecule has 0 aliphatic carbocycles. The number of carbonyl (C=O) groups excluding carboxylic acids is 1. The fourth-order valence-corrected chi connectivity index (χ4v) is 4.09. The second kappa shape index (κ2) is 10.0. The number of phenols is 1. The molecule has 1 N–H and O–H groups in total. The van der Waals surface area contributed by atoms with Crippen molar-refractivity contribution in [1.82, 2.24) is 4.90 Å². The van der Waals surface area contributed by atoms with Gasteiger partial charge in [-0.1, -0.05) is 19.0 Å². The highest BCUT2D eigenvalue weighted by Gasteiger charge is 2.22. The van der Waals surface area contributed by atoms with E-state index in [1.54, 1.807) is 30.2 Å². The van der Waals surface area contributed by atoms with Crippen molar-refractivity contribution in [3.05, 3.63) is 47.0 Å². The average Bonchev–Trinajstić information content (AvgIpc) is 3.30. The van der Waals surface area contributed by atoms with Gasteiger partial charge >= 0.3 is 0 Å². The molecular weight excluding hydrogens is 424 g/mol. The zero-order valence-electron chi connectivity index (χ0n) is 19.3. The van der Waals surface area contributed by atoms with Gasteiger partial charge in [-0.25, -0.2) is 0 Å². The molecule has 1 amide bonds. The summed E-state index contributed by atoms with van der Waals surface area (Å²) < 4.78 is 16.4. The van der Waals surface area contributed by atoms with E-state index >= 15 is 0 Å². The summed E-state index contributed by atoms with van der Waals surface area (Å²) in [7, 11) is 1.57. The highest BCUT2D eigenvalue weighted by atomic mass is 16.7. The van der Waals surface area contributed by atoms with Crippen molar-refractivity contribution in [1.29, 1.82) is 0 Å². The summed E-state index contributed by atoms with van der Waals surface area (Å²) >= 11 is 0. The van der Waals surface area contributed by atoms with Crippen LogP contribution in [0.5, 0.6) is 23.0 Å². The Bertz CT molecular complexity index is 1040. The Morgan fingerprint density at radius 3 is 2.61 bits per heavy atom. The number of carbonyl (C=O) groups is 1. The minimum absolute atomic E-state index is 0.00127. The number of hydrogen-bond acceptors (Lipinski definition) is 7. The van der Waals surface area contributed by atoms with E-state index in [1.165, 1.54) is 0 Å². The molecule has 0 radical (unpaired) electrons. The molecular formula is C25H30N2O6. The molecule has 8 nitrogen and oxygen atoms in total. The Morgan fingerprint density at radius 1 is 1.12 bits per heavy atom. The van der Waals surface area contributed by atoms with E-state index in [1.807, 2.05) is 26.0 Å². The number of oxime groups is 1. The smallest absolute Gasteiger partial charge is 0.263 e. The largest absolute Gasteiger partial charge is 0.507 e. The summed E-state index contributed by atoms with van der Waals surface area (Å²) in [6, 6.07) is 8.82. The number of aromatic hydroxyl groups is 1. The van der Waals surface area contributed by atoms with E-state index in [0.717, 1.165) is 37.9 Å². The number of methoxy groups -OCH3 is 1. The number of benzene rings is 2. The number of phenolic OH excluding ortho intramolecular Hbond substituents is 1. The molecule has 2 heterocycles. The van der Waals surface area contributed by atoms with Gasteiger partial charge in [0.25, 0.3) is 5.91 Å². The van der Waals surface area contributed by atoms with Crippen molar-refractivity contribution in [2.24, 2.45) is 5.16 Å². The van der Waals surface area contributed by atoms with Crippen LogP contribution in [0.25, 0.3) is 0 Å². The highest BCUT2D eigenvalue weighted by molar-refractivity contribution is 6.14. The molecule has 8 heteroatoms. The number of likely N-dealkylation sites (tertiary alicyclic amines) is 1. The maximum atomic E-state index is 12.5. The molecule has 0 bridgehead atoms. The van der Waals surface area contributed by atoms with Crippen LogP contribution in [0.2, 0.25) is 0 Å². The predicted molar refractivity (Wildman–Crippen MR) is 123 cm³/mol. The van der Waals surface area contributed by atoms with E-state index in [4.69, 9.17) is 19.0 Å². The first-order valence-electron chi connectivity index (χ1n) is 11.3. The molecule has 0 atom stereocenters. The molecule has 1 saturated heterocycles. The number of rotatable bonds is 7. The number of amides is 1. The van der Waals surface area contributed by atoms with Gasteiger partial charge in [-0.05, 0) is 55.0 Å². The molecule has 2 aromatic rings. The highest BCUT2D eigenvalue weighted by Crippen LogP contribution is 2.37. The Hall–Kier alpha value is -3.42. The summed E-state index contributed by atoms with van der Waals surface area (Å²) in [5.41, 5.74) is 2.45. The van der Waals surface area contributed by atoms with Gasteiger partial charge in [-0.2, -0.15) is 0 Å². The molecule has 1 fully saturated rings. The van der Waals surface area contributed by atoms with Crippen LogP contribution in [0.3, 0.4) is 0 Å².